The van der Waals surface area contributed by atoms with Crippen molar-refractivity contribution in [3.8, 4) is 11.5 Å². The number of anilines is 1. The van der Waals surface area contributed by atoms with Gasteiger partial charge in [0, 0.05) is 12.5 Å². The number of hydrogen-bond acceptors (Lipinski definition) is 8. The first-order valence-electron chi connectivity index (χ1n) is 11.0. The number of hydrogen-bond donors (Lipinski definition) is 1. The zero-order valence-electron chi connectivity index (χ0n) is 19.3. The molecule has 0 atom stereocenters. The van der Waals surface area contributed by atoms with Gasteiger partial charge in [-0.3, -0.25) is 19.6 Å². The third kappa shape index (κ3) is 5.40. The number of nitro benzene ring substituents is 1. The van der Waals surface area contributed by atoms with E-state index in [0.717, 1.165) is 5.56 Å². The van der Waals surface area contributed by atoms with E-state index in [0.29, 0.717) is 37.6 Å². The van der Waals surface area contributed by atoms with Gasteiger partial charge < -0.3 is 19.5 Å². The smallest absolute Gasteiger partial charge is 0.342 e. The third-order valence-electron chi connectivity index (χ3n) is 5.43. The minimum Gasteiger partial charge on any atom is -0.489 e. The SMILES string of the molecule is Cc1nn(Cc2ccccc2)c(C)c1C(=O)OCC(=O)Nc1cc2c(cc1[N+](=O)[O-])OCCCO2. The molecule has 1 amide bonds. The fraction of sp³-hybridized carbons (Fsp3) is 0.292. The Kier molecular flexibility index (Phi) is 6.95. The highest BCUT2D eigenvalue weighted by Crippen LogP contribution is 2.39. The molecule has 3 aromatic rings. The van der Waals surface area contributed by atoms with Crippen molar-refractivity contribution in [1.29, 1.82) is 0 Å². The van der Waals surface area contributed by atoms with Crippen molar-refractivity contribution in [2.75, 3.05) is 25.1 Å². The molecular formula is C24H24N4O7. The van der Waals surface area contributed by atoms with Crippen LogP contribution in [0.1, 0.15) is 33.7 Å². The number of amides is 1. The van der Waals surface area contributed by atoms with Gasteiger partial charge in [0.1, 0.15) is 11.3 Å². The van der Waals surface area contributed by atoms with E-state index >= 15 is 0 Å². The minimum absolute atomic E-state index is 0.0802. The van der Waals surface area contributed by atoms with Crippen LogP contribution in [0.4, 0.5) is 11.4 Å². The molecular weight excluding hydrogens is 456 g/mol. The Balaban J connectivity index is 1.43. The Morgan fingerprint density at radius 1 is 1.14 bits per heavy atom. The maximum absolute atomic E-state index is 12.7. The molecule has 11 heteroatoms. The molecule has 0 radical (unpaired) electrons. The Bertz CT molecular complexity index is 1270. The van der Waals surface area contributed by atoms with Gasteiger partial charge in [0.15, 0.2) is 18.1 Å². The molecule has 2 heterocycles. The van der Waals surface area contributed by atoms with E-state index in [9.17, 15) is 19.7 Å². The highest BCUT2D eigenvalue weighted by Gasteiger charge is 2.25. The maximum atomic E-state index is 12.7. The Hall–Kier alpha value is -4.41. The number of benzene rings is 2. The van der Waals surface area contributed by atoms with Crippen LogP contribution in [0.15, 0.2) is 42.5 Å². The molecule has 1 aliphatic rings. The average Bonchev–Trinajstić information content (AvgIpc) is 2.98. The molecule has 11 nitrogen and oxygen atoms in total. The highest BCUT2D eigenvalue weighted by atomic mass is 16.6. The van der Waals surface area contributed by atoms with Gasteiger partial charge in [0.25, 0.3) is 11.6 Å². The lowest BCUT2D eigenvalue weighted by Crippen LogP contribution is -2.22. The van der Waals surface area contributed by atoms with Crippen LogP contribution in [-0.4, -0.2) is 46.4 Å². The van der Waals surface area contributed by atoms with Crippen molar-refractivity contribution in [3.05, 3.63) is 75.1 Å². The minimum atomic E-state index is -0.733. The molecule has 0 fully saturated rings. The second kappa shape index (κ2) is 10.2. The number of nitrogens with one attached hydrogen (secondary N) is 1. The van der Waals surface area contributed by atoms with Crippen molar-refractivity contribution in [2.45, 2.75) is 26.8 Å². The van der Waals surface area contributed by atoms with Crippen molar-refractivity contribution in [1.82, 2.24) is 9.78 Å². The molecule has 1 aromatic heterocycles. The molecule has 2 aromatic carbocycles. The number of nitrogens with zero attached hydrogens (tertiary/aromatic N) is 3. The van der Waals surface area contributed by atoms with Gasteiger partial charge in [0.05, 0.1) is 42.1 Å². The summed E-state index contributed by atoms with van der Waals surface area (Å²) in [5.74, 6) is -0.917. The summed E-state index contributed by atoms with van der Waals surface area (Å²) in [6, 6.07) is 12.2. The Labute approximate surface area is 200 Å². The molecule has 0 spiro atoms. The first-order valence-corrected chi connectivity index (χ1v) is 11.0. The van der Waals surface area contributed by atoms with E-state index in [2.05, 4.69) is 10.4 Å². The lowest BCUT2D eigenvalue weighted by atomic mass is 10.2. The number of ether oxygens (including phenoxy) is 3. The molecule has 4 rings (SSSR count). The summed E-state index contributed by atoms with van der Waals surface area (Å²) < 4.78 is 17.9. The van der Waals surface area contributed by atoms with Crippen LogP contribution in [0.3, 0.4) is 0 Å². The van der Waals surface area contributed by atoms with Crippen LogP contribution in [-0.2, 0) is 16.1 Å². The quantitative estimate of drug-likeness (QED) is 0.309. The molecule has 0 aliphatic carbocycles. The van der Waals surface area contributed by atoms with Gasteiger partial charge in [-0.05, 0) is 19.4 Å². The normalized spacial score (nSPS) is 12.5. The second-order valence-electron chi connectivity index (χ2n) is 7.94. The number of rotatable bonds is 7. The number of esters is 1. The van der Waals surface area contributed by atoms with Crippen LogP contribution < -0.4 is 14.8 Å². The Morgan fingerprint density at radius 3 is 2.51 bits per heavy atom. The number of aromatic nitrogens is 2. The van der Waals surface area contributed by atoms with Gasteiger partial charge in [-0.25, -0.2) is 4.79 Å². The summed E-state index contributed by atoms with van der Waals surface area (Å²) in [6.45, 7) is 4.04. The first-order chi connectivity index (χ1) is 16.8. The van der Waals surface area contributed by atoms with E-state index in [4.69, 9.17) is 14.2 Å². The summed E-state index contributed by atoms with van der Waals surface area (Å²) in [6.07, 6.45) is 0.626. The molecule has 0 saturated carbocycles. The maximum Gasteiger partial charge on any atom is 0.342 e. The van der Waals surface area contributed by atoms with Gasteiger partial charge in [-0.1, -0.05) is 30.3 Å². The van der Waals surface area contributed by atoms with Crippen molar-refractivity contribution in [3.63, 3.8) is 0 Å². The predicted octanol–water partition coefficient (Wildman–Crippen LogP) is 3.41. The highest BCUT2D eigenvalue weighted by molar-refractivity contribution is 5.98. The summed E-state index contributed by atoms with van der Waals surface area (Å²) in [4.78, 5) is 36.0. The van der Waals surface area contributed by atoms with E-state index < -0.39 is 23.4 Å². The van der Waals surface area contributed by atoms with Crippen molar-refractivity contribution >= 4 is 23.3 Å². The number of nitro groups is 1. The number of fused-ring (bicyclic) bond motifs is 1. The van der Waals surface area contributed by atoms with E-state index in [1.165, 1.54) is 12.1 Å². The van der Waals surface area contributed by atoms with Gasteiger partial charge in [0.2, 0.25) is 0 Å². The predicted molar refractivity (Wildman–Crippen MR) is 125 cm³/mol. The third-order valence-corrected chi connectivity index (χ3v) is 5.43. The average molecular weight is 480 g/mol. The van der Waals surface area contributed by atoms with Crippen LogP contribution in [0.5, 0.6) is 11.5 Å². The van der Waals surface area contributed by atoms with E-state index in [1.807, 2.05) is 30.3 Å². The molecule has 0 saturated heterocycles. The standard InChI is InChI=1S/C24H24N4O7/c1-15-23(16(2)27(26-15)13-17-7-4-3-5-8-17)24(30)35-14-22(29)25-18-11-20-21(12-19(18)28(31)32)34-10-6-9-33-20/h3-5,7-8,11-12H,6,9-10,13-14H2,1-2H3,(H,25,29). The number of carbonyl (C=O) groups excluding carboxylic acids is 2. The molecule has 35 heavy (non-hydrogen) atoms. The van der Waals surface area contributed by atoms with Crippen molar-refractivity contribution in [2.24, 2.45) is 0 Å². The second-order valence-corrected chi connectivity index (χ2v) is 7.94. The molecule has 1 aliphatic heterocycles. The molecule has 0 unspecified atom stereocenters. The fourth-order valence-corrected chi connectivity index (χ4v) is 3.74. The largest absolute Gasteiger partial charge is 0.489 e. The van der Waals surface area contributed by atoms with Gasteiger partial charge >= 0.3 is 5.97 Å². The fourth-order valence-electron chi connectivity index (χ4n) is 3.74. The van der Waals surface area contributed by atoms with Crippen LogP contribution >= 0.6 is 0 Å². The zero-order valence-corrected chi connectivity index (χ0v) is 19.3. The summed E-state index contributed by atoms with van der Waals surface area (Å²) in [5.41, 5.74) is 1.94. The lowest BCUT2D eigenvalue weighted by molar-refractivity contribution is -0.384. The van der Waals surface area contributed by atoms with Gasteiger partial charge in [-0.2, -0.15) is 5.10 Å². The summed E-state index contributed by atoms with van der Waals surface area (Å²) >= 11 is 0. The molecule has 182 valence electrons. The zero-order chi connectivity index (χ0) is 24.9. The van der Waals surface area contributed by atoms with E-state index in [1.54, 1.807) is 18.5 Å². The van der Waals surface area contributed by atoms with Crippen LogP contribution in [0, 0.1) is 24.0 Å². The lowest BCUT2D eigenvalue weighted by Gasteiger charge is -2.11. The number of aryl methyl sites for hydroxylation is 1. The topological polar surface area (TPSA) is 135 Å². The van der Waals surface area contributed by atoms with Crippen LogP contribution in [0.2, 0.25) is 0 Å². The first kappa shape index (κ1) is 23.7. The monoisotopic (exact) mass is 480 g/mol. The summed E-state index contributed by atoms with van der Waals surface area (Å²) in [7, 11) is 0. The molecule has 1 N–H and O–H groups in total. The number of carbonyl (C=O) groups is 2. The Morgan fingerprint density at radius 2 is 1.83 bits per heavy atom. The van der Waals surface area contributed by atoms with Crippen LogP contribution in [0.25, 0.3) is 0 Å². The van der Waals surface area contributed by atoms with E-state index in [-0.39, 0.29) is 28.4 Å². The van der Waals surface area contributed by atoms with Gasteiger partial charge in [-0.15, -0.1) is 0 Å². The summed E-state index contributed by atoms with van der Waals surface area (Å²) in [5, 5.41) is 18.3. The molecule has 0 bridgehead atoms. The van der Waals surface area contributed by atoms with Crippen molar-refractivity contribution < 1.29 is 28.7 Å².